The predicted molar refractivity (Wildman–Crippen MR) is 124 cm³/mol. The number of esters is 1. The highest BCUT2D eigenvalue weighted by Crippen LogP contribution is 2.45. The van der Waals surface area contributed by atoms with Gasteiger partial charge in [-0.3, -0.25) is 4.79 Å². The molecule has 1 amide bonds. The number of carbonyl (C=O) groups excluding carboxylic acids is 2. The summed E-state index contributed by atoms with van der Waals surface area (Å²) in [5.74, 6) is -0.00459. The van der Waals surface area contributed by atoms with Crippen LogP contribution in [0.15, 0.2) is 35.5 Å². The van der Waals surface area contributed by atoms with E-state index in [1.54, 1.807) is 0 Å². The fraction of sp³-hybridized carbons (Fsp3) is 0.304. The van der Waals surface area contributed by atoms with E-state index in [-0.39, 0.29) is 5.91 Å². The van der Waals surface area contributed by atoms with Crippen LogP contribution in [0.4, 0.5) is 5.00 Å². The van der Waals surface area contributed by atoms with Gasteiger partial charge in [0, 0.05) is 28.4 Å². The van der Waals surface area contributed by atoms with Crippen molar-refractivity contribution in [1.82, 2.24) is 9.97 Å². The quantitative estimate of drug-likeness (QED) is 0.327. The van der Waals surface area contributed by atoms with Gasteiger partial charge in [-0.1, -0.05) is 36.0 Å². The van der Waals surface area contributed by atoms with E-state index >= 15 is 0 Å². The van der Waals surface area contributed by atoms with Crippen molar-refractivity contribution < 1.29 is 14.3 Å². The number of methoxy groups -OCH3 is 1. The second kappa shape index (κ2) is 9.20. The van der Waals surface area contributed by atoms with E-state index in [2.05, 4.69) is 27.4 Å². The summed E-state index contributed by atoms with van der Waals surface area (Å²) in [7, 11) is 1.37. The largest absolute Gasteiger partial charge is 0.465 e. The molecule has 1 aromatic carbocycles. The van der Waals surface area contributed by atoms with Crippen LogP contribution >= 0.6 is 23.1 Å². The van der Waals surface area contributed by atoms with E-state index in [0.29, 0.717) is 27.9 Å². The van der Waals surface area contributed by atoms with E-state index in [4.69, 9.17) is 4.74 Å². The second-order valence-electron chi connectivity index (χ2n) is 7.34. The zero-order valence-corrected chi connectivity index (χ0v) is 19.3. The molecule has 0 atom stereocenters. The molecule has 2 heterocycles. The molecule has 0 radical (unpaired) electrons. The fourth-order valence-electron chi connectivity index (χ4n) is 3.73. The molecule has 8 heteroatoms. The average molecular weight is 454 g/mol. The number of aryl methyl sites for hydroxylation is 3. The summed E-state index contributed by atoms with van der Waals surface area (Å²) in [6.07, 6.45) is 1.91. The summed E-state index contributed by atoms with van der Waals surface area (Å²) in [6.45, 7) is 3.85. The standard InChI is InChI=1S/C23H23N3O3S2/c1-13-12-14(2)25-23(24-13)30-11-10-18(27)26-21-19(22(28)29-3)17-9-8-15-6-4-5-7-16(15)20(17)31-21/h4-7,12H,8-11H2,1-3H3,(H,26,27). The highest BCUT2D eigenvalue weighted by Gasteiger charge is 2.29. The number of anilines is 1. The van der Waals surface area contributed by atoms with Crippen LogP contribution in [0.3, 0.4) is 0 Å². The van der Waals surface area contributed by atoms with Gasteiger partial charge in [0.2, 0.25) is 5.91 Å². The Morgan fingerprint density at radius 2 is 1.90 bits per heavy atom. The summed E-state index contributed by atoms with van der Waals surface area (Å²) < 4.78 is 5.03. The molecule has 0 saturated heterocycles. The summed E-state index contributed by atoms with van der Waals surface area (Å²) in [4.78, 5) is 35.0. The maximum Gasteiger partial charge on any atom is 0.341 e. The van der Waals surface area contributed by atoms with Crippen molar-refractivity contribution in [3.63, 3.8) is 0 Å². The number of hydrogen-bond donors (Lipinski definition) is 1. The van der Waals surface area contributed by atoms with Crippen molar-refractivity contribution in [2.75, 3.05) is 18.2 Å². The van der Waals surface area contributed by atoms with Gasteiger partial charge in [0.05, 0.1) is 12.7 Å². The minimum atomic E-state index is -0.412. The number of thiophene rings is 1. The van der Waals surface area contributed by atoms with Gasteiger partial charge in [0.25, 0.3) is 0 Å². The van der Waals surface area contributed by atoms with E-state index in [9.17, 15) is 9.59 Å². The van der Waals surface area contributed by atoms with Gasteiger partial charge in [-0.25, -0.2) is 14.8 Å². The minimum absolute atomic E-state index is 0.145. The maximum atomic E-state index is 12.6. The molecule has 1 N–H and O–H groups in total. The van der Waals surface area contributed by atoms with Crippen molar-refractivity contribution in [3.05, 3.63) is 58.4 Å². The van der Waals surface area contributed by atoms with Crippen molar-refractivity contribution in [2.45, 2.75) is 38.3 Å². The number of amides is 1. The molecule has 1 aliphatic carbocycles. The maximum absolute atomic E-state index is 12.6. The highest BCUT2D eigenvalue weighted by molar-refractivity contribution is 7.99. The Morgan fingerprint density at radius 3 is 2.65 bits per heavy atom. The Bertz CT molecular complexity index is 1140. The van der Waals surface area contributed by atoms with Crippen LogP contribution in [-0.4, -0.2) is 34.7 Å². The number of thioether (sulfide) groups is 1. The molecule has 0 spiro atoms. The molecular formula is C23H23N3O3S2. The van der Waals surface area contributed by atoms with Crippen LogP contribution in [0.5, 0.6) is 0 Å². The van der Waals surface area contributed by atoms with Crippen LogP contribution in [0.25, 0.3) is 10.4 Å². The lowest BCUT2D eigenvalue weighted by molar-refractivity contribution is -0.115. The summed E-state index contributed by atoms with van der Waals surface area (Å²) in [5, 5.41) is 4.18. The molecule has 1 aliphatic rings. The zero-order chi connectivity index (χ0) is 22.0. The minimum Gasteiger partial charge on any atom is -0.465 e. The number of fused-ring (bicyclic) bond motifs is 3. The number of nitrogens with zero attached hydrogens (tertiary/aromatic N) is 2. The van der Waals surface area contributed by atoms with Crippen molar-refractivity contribution >= 4 is 40.0 Å². The Labute approximate surface area is 189 Å². The number of hydrogen-bond acceptors (Lipinski definition) is 7. The number of carbonyl (C=O) groups is 2. The van der Waals surface area contributed by atoms with E-state index in [0.717, 1.165) is 40.2 Å². The van der Waals surface area contributed by atoms with Crippen LogP contribution < -0.4 is 5.32 Å². The van der Waals surface area contributed by atoms with Crippen LogP contribution in [-0.2, 0) is 22.4 Å². The lowest BCUT2D eigenvalue weighted by atomic mass is 9.89. The van der Waals surface area contributed by atoms with Gasteiger partial charge in [-0.15, -0.1) is 11.3 Å². The molecule has 160 valence electrons. The molecule has 31 heavy (non-hydrogen) atoms. The van der Waals surface area contributed by atoms with Crippen molar-refractivity contribution in [1.29, 1.82) is 0 Å². The second-order valence-corrected chi connectivity index (χ2v) is 9.43. The number of rotatable bonds is 6. The van der Waals surface area contributed by atoms with Crippen molar-refractivity contribution in [3.8, 4) is 10.4 Å². The van der Waals surface area contributed by atoms with E-state index in [1.807, 2.05) is 32.0 Å². The third-order valence-electron chi connectivity index (χ3n) is 5.08. The van der Waals surface area contributed by atoms with E-state index in [1.165, 1.54) is 35.8 Å². The summed E-state index contributed by atoms with van der Waals surface area (Å²) in [6, 6.07) is 10.1. The molecule has 3 aromatic rings. The molecule has 0 unspecified atom stereocenters. The molecule has 0 fully saturated rings. The Balaban J connectivity index is 1.51. The van der Waals surface area contributed by atoms with E-state index < -0.39 is 5.97 Å². The first-order chi connectivity index (χ1) is 15.0. The molecule has 4 rings (SSSR count). The first kappa shape index (κ1) is 21.5. The molecule has 6 nitrogen and oxygen atoms in total. The Hall–Kier alpha value is -2.71. The number of nitrogens with one attached hydrogen (secondary N) is 1. The molecule has 2 aromatic heterocycles. The van der Waals surface area contributed by atoms with Gasteiger partial charge in [0.15, 0.2) is 5.16 Å². The first-order valence-electron chi connectivity index (χ1n) is 10.0. The SMILES string of the molecule is COC(=O)c1c(NC(=O)CCSc2nc(C)cc(C)n2)sc2c1CCc1ccccc1-2. The number of aromatic nitrogens is 2. The normalized spacial score (nSPS) is 12.1. The fourth-order valence-corrected chi connectivity index (χ4v) is 5.93. The number of benzene rings is 1. The molecule has 0 aliphatic heterocycles. The Morgan fingerprint density at radius 1 is 1.16 bits per heavy atom. The van der Waals surface area contributed by atoms with Gasteiger partial charge in [-0.2, -0.15) is 0 Å². The molecule has 0 bridgehead atoms. The van der Waals surface area contributed by atoms with Crippen LogP contribution in [0, 0.1) is 13.8 Å². The van der Waals surface area contributed by atoms with Gasteiger partial charge in [-0.05, 0) is 49.4 Å². The lowest BCUT2D eigenvalue weighted by Crippen LogP contribution is -2.15. The Kier molecular flexibility index (Phi) is 6.38. The number of ether oxygens (including phenoxy) is 1. The average Bonchev–Trinajstić information content (AvgIpc) is 3.10. The third kappa shape index (κ3) is 4.65. The molecular weight excluding hydrogens is 430 g/mol. The van der Waals surface area contributed by atoms with Crippen LogP contribution in [0.1, 0.15) is 39.3 Å². The smallest absolute Gasteiger partial charge is 0.341 e. The van der Waals surface area contributed by atoms with Gasteiger partial charge >= 0.3 is 5.97 Å². The lowest BCUT2D eigenvalue weighted by Gasteiger charge is -2.16. The predicted octanol–water partition coefficient (Wildman–Crippen LogP) is 4.83. The first-order valence-corrected chi connectivity index (χ1v) is 11.8. The third-order valence-corrected chi connectivity index (χ3v) is 7.11. The monoisotopic (exact) mass is 453 g/mol. The summed E-state index contributed by atoms with van der Waals surface area (Å²) in [5.41, 5.74) is 5.65. The summed E-state index contributed by atoms with van der Waals surface area (Å²) >= 11 is 2.90. The van der Waals surface area contributed by atoms with Gasteiger partial charge < -0.3 is 10.1 Å². The topological polar surface area (TPSA) is 81.2 Å². The zero-order valence-electron chi connectivity index (χ0n) is 17.7. The van der Waals surface area contributed by atoms with Crippen molar-refractivity contribution in [2.24, 2.45) is 0 Å². The molecule has 0 saturated carbocycles. The van der Waals surface area contributed by atoms with Crippen LogP contribution in [0.2, 0.25) is 0 Å². The highest BCUT2D eigenvalue weighted by atomic mass is 32.2. The van der Waals surface area contributed by atoms with Gasteiger partial charge in [0.1, 0.15) is 5.00 Å².